The monoisotopic (exact) mass is 290 g/mol. The molecule has 0 aliphatic carbocycles. The van der Waals surface area contributed by atoms with Crippen molar-refractivity contribution < 1.29 is 8.42 Å². The Morgan fingerprint density at radius 1 is 1.50 bits per heavy atom. The van der Waals surface area contributed by atoms with E-state index in [0.717, 1.165) is 24.3 Å². The minimum atomic E-state index is -3.44. The normalized spacial score (nSPS) is 18.1. The zero-order chi connectivity index (χ0) is 13.0. The molecule has 0 unspecified atom stereocenters. The van der Waals surface area contributed by atoms with Gasteiger partial charge in [0.2, 0.25) is 10.0 Å². The number of sulfonamides is 1. The van der Waals surface area contributed by atoms with E-state index in [0.29, 0.717) is 13.1 Å². The Kier molecular flexibility index (Phi) is 4.66. The Balaban J connectivity index is 2.04. The summed E-state index contributed by atoms with van der Waals surface area (Å²) in [6.45, 7) is 0.962. The molecule has 1 aromatic heterocycles. The average molecular weight is 290 g/mol. The van der Waals surface area contributed by atoms with E-state index < -0.39 is 10.0 Å². The van der Waals surface area contributed by atoms with Crippen molar-refractivity contribution in [3.8, 4) is 0 Å². The number of nitrogens with two attached hydrogens (primary N) is 1. The van der Waals surface area contributed by atoms with Gasteiger partial charge in [0.05, 0.1) is 12.7 Å². The fraction of sp³-hybridized carbons (Fsp3) is 0.700. The molecule has 18 heavy (non-hydrogen) atoms. The summed E-state index contributed by atoms with van der Waals surface area (Å²) in [5, 5.41) is 3.98. The second kappa shape index (κ2) is 6.05. The quantitative estimate of drug-likeness (QED) is 0.797. The lowest BCUT2D eigenvalue weighted by Crippen LogP contribution is -2.37. The summed E-state index contributed by atoms with van der Waals surface area (Å²) >= 11 is 1.87. The van der Waals surface area contributed by atoms with Gasteiger partial charge in [-0.05, 0) is 24.3 Å². The van der Waals surface area contributed by atoms with Gasteiger partial charge >= 0.3 is 0 Å². The van der Waals surface area contributed by atoms with Crippen molar-refractivity contribution in [1.82, 2.24) is 14.5 Å². The summed E-state index contributed by atoms with van der Waals surface area (Å²) in [6.07, 6.45) is 4.67. The van der Waals surface area contributed by atoms with Gasteiger partial charge in [0, 0.05) is 18.8 Å². The molecule has 8 heteroatoms. The fourth-order valence-electron chi connectivity index (χ4n) is 1.84. The number of nitrogens with zero attached hydrogens (tertiary/aromatic N) is 2. The van der Waals surface area contributed by atoms with Gasteiger partial charge in [-0.2, -0.15) is 16.9 Å². The third kappa shape index (κ3) is 3.47. The number of nitrogens with one attached hydrogen (secondary N) is 1. The van der Waals surface area contributed by atoms with Gasteiger partial charge in [-0.3, -0.25) is 4.68 Å². The number of hydrogen-bond donors (Lipinski definition) is 2. The molecule has 1 fully saturated rings. The van der Waals surface area contributed by atoms with Crippen molar-refractivity contribution in [3.05, 3.63) is 12.4 Å². The van der Waals surface area contributed by atoms with E-state index in [9.17, 15) is 8.42 Å². The van der Waals surface area contributed by atoms with Gasteiger partial charge in [0.1, 0.15) is 4.90 Å². The molecule has 0 saturated carbocycles. The molecular weight excluding hydrogens is 272 g/mol. The topological polar surface area (TPSA) is 90.0 Å². The maximum absolute atomic E-state index is 12.1. The summed E-state index contributed by atoms with van der Waals surface area (Å²) in [6, 6.07) is 0.0501. The molecule has 0 atom stereocenters. The van der Waals surface area contributed by atoms with Crippen molar-refractivity contribution in [2.45, 2.75) is 30.3 Å². The van der Waals surface area contributed by atoms with Crippen molar-refractivity contribution >= 4 is 21.8 Å². The SMILES string of the molecule is NCCn1cc(S(=O)(=O)NC2CCSCC2)cn1. The molecule has 0 bridgehead atoms. The summed E-state index contributed by atoms with van der Waals surface area (Å²) in [4.78, 5) is 0.217. The van der Waals surface area contributed by atoms with Crippen LogP contribution in [0.2, 0.25) is 0 Å². The predicted octanol–water partition coefficient (Wildman–Crippen LogP) is 0.0157. The van der Waals surface area contributed by atoms with Gasteiger partial charge in [-0.25, -0.2) is 13.1 Å². The second-order valence-corrected chi connectivity index (χ2v) is 7.17. The van der Waals surface area contributed by atoms with Crippen LogP contribution in [0.5, 0.6) is 0 Å². The van der Waals surface area contributed by atoms with E-state index in [-0.39, 0.29) is 10.9 Å². The molecule has 2 heterocycles. The lowest BCUT2D eigenvalue weighted by Gasteiger charge is -2.21. The van der Waals surface area contributed by atoms with Crippen LogP contribution < -0.4 is 10.5 Å². The molecule has 102 valence electrons. The van der Waals surface area contributed by atoms with Crippen molar-refractivity contribution in [1.29, 1.82) is 0 Å². The first-order valence-electron chi connectivity index (χ1n) is 5.94. The van der Waals surface area contributed by atoms with Gasteiger partial charge in [-0.1, -0.05) is 0 Å². The van der Waals surface area contributed by atoms with Crippen LogP contribution in [0.1, 0.15) is 12.8 Å². The first kappa shape index (κ1) is 13.9. The van der Waals surface area contributed by atoms with Crippen molar-refractivity contribution in [2.24, 2.45) is 5.73 Å². The Hall–Kier alpha value is -0.570. The van der Waals surface area contributed by atoms with Crippen LogP contribution in [0.4, 0.5) is 0 Å². The fourth-order valence-corrected chi connectivity index (χ4v) is 4.20. The van der Waals surface area contributed by atoms with Crippen molar-refractivity contribution in [3.63, 3.8) is 0 Å². The summed E-state index contributed by atoms with van der Waals surface area (Å²) < 4.78 is 28.5. The molecule has 1 aromatic rings. The highest BCUT2D eigenvalue weighted by atomic mass is 32.2. The number of thioether (sulfide) groups is 1. The third-order valence-electron chi connectivity index (χ3n) is 2.82. The lowest BCUT2D eigenvalue weighted by atomic mass is 10.2. The molecule has 1 aliphatic heterocycles. The van der Waals surface area contributed by atoms with Gasteiger partial charge < -0.3 is 5.73 Å². The molecule has 1 saturated heterocycles. The van der Waals surface area contributed by atoms with Crippen LogP contribution in [-0.4, -0.2) is 42.3 Å². The van der Waals surface area contributed by atoms with Crippen LogP contribution in [0, 0.1) is 0 Å². The van der Waals surface area contributed by atoms with Gasteiger partial charge in [0.15, 0.2) is 0 Å². The molecule has 2 rings (SSSR count). The Morgan fingerprint density at radius 2 is 2.22 bits per heavy atom. The molecular formula is C10H18N4O2S2. The number of hydrogen-bond acceptors (Lipinski definition) is 5. The summed E-state index contributed by atoms with van der Waals surface area (Å²) in [7, 11) is -3.44. The summed E-state index contributed by atoms with van der Waals surface area (Å²) in [5.41, 5.74) is 5.40. The Labute approximate surface area is 111 Å². The van der Waals surface area contributed by atoms with Gasteiger partial charge in [0.25, 0.3) is 0 Å². The minimum Gasteiger partial charge on any atom is -0.329 e. The smallest absolute Gasteiger partial charge is 0.243 e. The van der Waals surface area contributed by atoms with E-state index in [1.807, 2.05) is 11.8 Å². The van der Waals surface area contributed by atoms with E-state index in [1.165, 1.54) is 12.4 Å². The van der Waals surface area contributed by atoms with E-state index in [4.69, 9.17) is 5.73 Å². The molecule has 0 spiro atoms. The standard InChI is InChI=1S/C10H18N4O2S2/c11-3-4-14-8-10(7-12-14)18(15,16)13-9-1-5-17-6-2-9/h7-9,13H,1-6,11H2. The Bertz CT molecular complexity index is 480. The molecule has 1 aliphatic rings. The highest BCUT2D eigenvalue weighted by Crippen LogP contribution is 2.19. The molecule has 6 nitrogen and oxygen atoms in total. The third-order valence-corrected chi connectivity index (χ3v) is 5.34. The van der Waals surface area contributed by atoms with Crippen LogP contribution >= 0.6 is 11.8 Å². The van der Waals surface area contributed by atoms with Crippen LogP contribution in [0.3, 0.4) is 0 Å². The van der Waals surface area contributed by atoms with Gasteiger partial charge in [-0.15, -0.1) is 0 Å². The van der Waals surface area contributed by atoms with E-state index in [2.05, 4.69) is 9.82 Å². The lowest BCUT2D eigenvalue weighted by molar-refractivity contribution is 0.528. The summed E-state index contributed by atoms with van der Waals surface area (Å²) in [5.74, 6) is 2.03. The van der Waals surface area contributed by atoms with Crippen LogP contribution in [0.15, 0.2) is 17.3 Å². The first-order valence-corrected chi connectivity index (χ1v) is 8.58. The molecule has 0 aromatic carbocycles. The molecule has 0 radical (unpaired) electrons. The second-order valence-electron chi connectivity index (χ2n) is 4.24. The molecule has 0 amide bonds. The van der Waals surface area contributed by atoms with Crippen LogP contribution in [-0.2, 0) is 16.6 Å². The first-order chi connectivity index (χ1) is 8.62. The van der Waals surface area contributed by atoms with Crippen molar-refractivity contribution in [2.75, 3.05) is 18.1 Å². The maximum atomic E-state index is 12.1. The predicted molar refractivity (Wildman–Crippen MR) is 71.9 cm³/mol. The highest BCUT2D eigenvalue weighted by molar-refractivity contribution is 7.99. The molecule has 3 N–H and O–H groups in total. The minimum absolute atomic E-state index is 0.0501. The largest absolute Gasteiger partial charge is 0.329 e. The van der Waals surface area contributed by atoms with E-state index in [1.54, 1.807) is 4.68 Å². The van der Waals surface area contributed by atoms with Crippen LogP contribution in [0.25, 0.3) is 0 Å². The maximum Gasteiger partial charge on any atom is 0.243 e. The average Bonchev–Trinajstić information content (AvgIpc) is 2.80. The zero-order valence-electron chi connectivity index (χ0n) is 10.1. The van der Waals surface area contributed by atoms with E-state index >= 15 is 0 Å². The Morgan fingerprint density at radius 3 is 2.89 bits per heavy atom. The number of rotatable bonds is 5. The number of aromatic nitrogens is 2. The zero-order valence-corrected chi connectivity index (χ0v) is 11.7. The highest BCUT2D eigenvalue weighted by Gasteiger charge is 2.23.